The highest BCUT2D eigenvalue weighted by Gasteiger charge is 2.16. The highest BCUT2D eigenvalue weighted by Crippen LogP contribution is 2.24. The first-order valence-corrected chi connectivity index (χ1v) is 5.61. The summed E-state index contributed by atoms with van der Waals surface area (Å²) >= 11 is 0. The van der Waals surface area contributed by atoms with Gasteiger partial charge in [-0.05, 0) is 43.5 Å². The quantitative estimate of drug-likeness (QED) is 0.859. The molecule has 2 heterocycles. The van der Waals surface area contributed by atoms with E-state index in [9.17, 15) is 5.11 Å². The van der Waals surface area contributed by atoms with E-state index in [0.29, 0.717) is 5.69 Å². The zero-order valence-electron chi connectivity index (χ0n) is 10.3. The fourth-order valence-corrected chi connectivity index (χ4v) is 1.92. The standard InChI is InChI=1S/C14H16N2O/c1-9-6-11(3)13(16-7-9)14(17)12-8-15-5-4-10(12)2/h4-8,14,17H,1-3H3. The summed E-state index contributed by atoms with van der Waals surface area (Å²) in [6.07, 6.45) is 4.49. The molecule has 0 aliphatic rings. The van der Waals surface area contributed by atoms with Crippen LogP contribution in [-0.4, -0.2) is 15.1 Å². The van der Waals surface area contributed by atoms with E-state index < -0.39 is 6.10 Å². The number of rotatable bonds is 2. The van der Waals surface area contributed by atoms with Gasteiger partial charge in [-0.1, -0.05) is 6.07 Å². The molecule has 1 unspecified atom stereocenters. The Labute approximate surface area is 101 Å². The second kappa shape index (κ2) is 4.63. The molecule has 0 spiro atoms. The van der Waals surface area contributed by atoms with E-state index in [2.05, 4.69) is 9.97 Å². The number of pyridine rings is 2. The van der Waals surface area contributed by atoms with Gasteiger partial charge >= 0.3 is 0 Å². The molecule has 2 aromatic heterocycles. The van der Waals surface area contributed by atoms with E-state index in [0.717, 1.165) is 22.3 Å². The van der Waals surface area contributed by atoms with E-state index in [1.54, 1.807) is 18.6 Å². The Morgan fingerprint density at radius 3 is 2.53 bits per heavy atom. The first kappa shape index (κ1) is 11.7. The summed E-state index contributed by atoms with van der Waals surface area (Å²) in [6, 6.07) is 3.92. The van der Waals surface area contributed by atoms with E-state index >= 15 is 0 Å². The van der Waals surface area contributed by atoms with Crippen LogP contribution in [0.25, 0.3) is 0 Å². The first-order valence-electron chi connectivity index (χ1n) is 5.61. The average molecular weight is 228 g/mol. The summed E-state index contributed by atoms with van der Waals surface area (Å²) in [6.45, 7) is 5.92. The number of aromatic nitrogens is 2. The lowest BCUT2D eigenvalue weighted by molar-refractivity contribution is 0.213. The highest BCUT2D eigenvalue weighted by atomic mass is 16.3. The van der Waals surface area contributed by atoms with Crippen molar-refractivity contribution in [2.45, 2.75) is 26.9 Å². The van der Waals surface area contributed by atoms with Crippen LogP contribution in [0.5, 0.6) is 0 Å². The van der Waals surface area contributed by atoms with Gasteiger partial charge in [-0.25, -0.2) is 0 Å². The molecule has 0 aliphatic heterocycles. The van der Waals surface area contributed by atoms with Crippen molar-refractivity contribution in [3.63, 3.8) is 0 Å². The molecule has 1 atom stereocenters. The van der Waals surface area contributed by atoms with Crippen molar-refractivity contribution >= 4 is 0 Å². The summed E-state index contributed by atoms with van der Waals surface area (Å²) in [5.41, 5.74) is 4.63. The van der Waals surface area contributed by atoms with Crippen molar-refractivity contribution in [1.82, 2.24) is 9.97 Å². The molecular weight excluding hydrogens is 212 g/mol. The van der Waals surface area contributed by atoms with Gasteiger partial charge < -0.3 is 5.11 Å². The van der Waals surface area contributed by atoms with Crippen LogP contribution >= 0.6 is 0 Å². The molecule has 0 bridgehead atoms. The van der Waals surface area contributed by atoms with Gasteiger partial charge in [0, 0.05) is 24.2 Å². The van der Waals surface area contributed by atoms with Crippen molar-refractivity contribution < 1.29 is 5.11 Å². The second-order valence-electron chi connectivity index (χ2n) is 4.35. The maximum atomic E-state index is 10.3. The average Bonchev–Trinajstić information content (AvgIpc) is 2.29. The minimum atomic E-state index is -0.704. The smallest absolute Gasteiger partial charge is 0.123 e. The van der Waals surface area contributed by atoms with E-state index in [-0.39, 0.29) is 0 Å². The van der Waals surface area contributed by atoms with Crippen LogP contribution in [0.4, 0.5) is 0 Å². The fraction of sp³-hybridized carbons (Fsp3) is 0.286. The topological polar surface area (TPSA) is 46.0 Å². The third-order valence-electron chi connectivity index (χ3n) is 2.89. The molecule has 2 aromatic rings. The zero-order chi connectivity index (χ0) is 12.4. The normalized spacial score (nSPS) is 12.5. The van der Waals surface area contributed by atoms with Crippen molar-refractivity contribution in [3.8, 4) is 0 Å². The monoisotopic (exact) mass is 228 g/mol. The number of aliphatic hydroxyl groups is 1. The third-order valence-corrected chi connectivity index (χ3v) is 2.89. The van der Waals surface area contributed by atoms with Crippen molar-refractivity contribution in [3.05, 3.63) is 58.7 Å². The number of hydrogen-bond donors (Lipinski definition) is 1. The van der Waals surface area contributed by atoms with Crippen LogP contribution in [-0.2, 0) is 0 Å². The summed E-state index contributed by atoms with van der Waals surface area (Å²) in [4.78, 5) is 8.37. The van der Waals surface area contributed by atoms with Gasteiger partial charge in [0.1, 0.15) is 6.10 Å². The molecule has 0 saturated carbocycles. The predicted molar refractivity (Wildman–Crippen MR) is 66.7 cm³/mol. The number of aliphatic hydroxyl groups excluding tert-OH is 1. The van der Waals surface area contributed by atoms with Gasteiger partial charge in [0.15, 0.2) is 0 Å². The van der Waals surface area contributed by atoms with Crippen LogP contribution in [0.15, 0.2) is 30.7 Å². The van der Waals surface area contributed by atoms with Gasteiger partial charge in [-0.2, -0.15) is 0 Å². The second-order valence-corrected chi connectivity index (χ2v) is 4.35. The Morgan fingerprint density at radius 2 is 1.88 bits per heavy atom. The SMILES string of the molecule is Cc1cnc(C(O)c2cnccc2C)c(C)c1. The Morgan fingerprint density at radius 1 is 1.12 bits per heavy atom. The Bertz CT molecular complexity index is 537. The summed E-state index contributed by atoms with van der Waals surface area (Å²) in [7, 11) is 0. The number of hydrogen-bond acceptors (Lipinski definition) is 3. The van der Waals surface area contributed by atoms with Gasteiger partial charge in [-0.15, -0.1) is 0 Å². The molecule has 1 N–H and O–H groups in total. The lowest BCUT2D eigenvalue weighted by atomic mass is 10.00. The molecule has 2 rings (SSSR count). The van der Waals surface area contributed by atoms with Crippen LogP contribution in [0, 0.1) is 20.8 Å². The summed E-state index contributed by atoms with van der Waals surface area (Å²) in [5, 5.41) is 10.3. The molecule has 88 valence electrons. The molecule has 3 heteroatoms. The maximum Gasteiger partial charge on any atom is 0.123 e. The largest absolute Gasteiger partial charge is 0.382 e. The van der Waals surface area contributed by atoms with Crippen LogP contribution < -0.4 is 0 Å². The first-order chi connectivity index (χ1) is 8.09. The summed E-state index contributed by atoms with van der Waals surface area (Å²) in [5.74, 6) is 0. The highest BCUT2D eigenvalue weighted by molar-refractivity contribution is 5.34. The summed E-state index contributed by atoms with van der Waals surface area (Å²) < 4.78 is 0. The van der Waals surface area contributed by atoms with Gasteiger partial charge in [0.2, 0.25) is 0 Å². The van der Waals surface area contributed by atoms with E-state index in [1.807, 2.05) is 32.9 Å². The molecule has 0 fully saturated rings. The molecule has 17 heavy (non-hydrogen) atoms. The Hall–Kier alpha value is -1.74. The fourth-order valence-electron chi connectivity index (χ4n) is 1.92. The predicted octanol–water partition coefficient (Wildman–Crippen LogP) is 2.48. The van der Waals surface area contributed by atoms with Crippen LogP contribution in [0.2, 0.25) is 0 Å². The van der Waals surface area contributed by atoms with Crippen molar-refractivity contribution in [1.29, 1.82) is 0 Å². The maximum absolute atomic E-state index is 10.3. The van der Waals surface area contributed by atoms with Gasteiger partial charge in [0.05, 0.1) is 5.69 Å². The molecule has 0 aromatic carbocycles. The third kappa shape index (κ3) is 2.34. The molecule has 3 nitrogen and oxygen atoms in total. The van der Waals surface area contributed by atoms with Crippen LogP contribution in [0.1, 0.15) is 34.1 Å². The molecular formula is C14H16N2O. The minimum Gasteiger partial charge on any atom is -0.382 e. The Balaban J connectivity index is 2.44. The van der Waals surface area contributed by atoms with E-state index in [4.69, 9.17) is 0 Å². The van der Waals surface area contributed by atoms with Crippen LogP contribution in [0.3, 0.4) is 0 Å². The van der Waals surface area contributed by atoms with Crippen molar-refractivity contribution in [2.75, 3.05) is 0 Å². The lowest BCUT2D eigenvalue weighted by Gasteiger charge is -2.15. The Kier molecular flexibility index (Phi) is 3.20. The molecule has 0 radical (unpaired) electrons. The van der Waals surface area contributed by atoms with E-state index in [1.165, 1.54) is 0 Å². The lowest BCUT2D eigenvalue weighted by Crippen LogP contribution is -2.07. The number of aryl methyl sites for hydroxylation is 3. The van der Waals surface area contributed by atoms with Gasteiger partial charge in [0.25, 0.3) is 0 Å². The molecule has 0 saturated heterocycles. The molecule has 0 aliphatic carbocycles. The zero-order valence-corrected chi connectivity index (χ0v) is 10.3. The molecule has 0 amide bonds. The van der Waals surface area contributed by atoms with Gasteiger partial charge in [-0.3, -0.25) is 9.97 Å². The van der Waals surface area contributed by atoms with Crippen molar-refractivity contribution in [2.24, 2.45) is 0 Å². The minimum absolute atomic E-state index is 0.701. The number of nitrogens with zero attached hydrogens (tertiary/aromatic N) is 2.